The predicted octanol–water partition coefficient (Wildman–Crippen LogP) is 8.44. The number of anilines is 4. The highest BCUT2D eigenvalue weighted by Crippen LogP contribution is 2.42. The second-order valence-corrected chi connectivity index (χ2v) is 17.3. The van der Waals surface area contributed by atoms with Gasteiger partial charge in [-0.25, -0.2) is 19.9 Å². The van der Waals surface area contributed by atoms with Crippen LogP contribution in [0.1, 0.15) is 62.4 Å². The van der Waals surface area contributed by atoms with Gasteiger partial charge in [0, 0.05) is 53.1 Å². The van der Waals surface area contributed by atoms with Crippen LogP contribution in [-0.2, 0) is 48.4 Å². The molecule has 4 aliphatic rings. The molecule has 17 heteroatoms. The first-order valence-corrected chi connectivity index (χ1v) is 21.0. The van der Waals surface area contributed by atoms with E-state index in [9.17, 15) is 27.9 Å². The zero-order valence-electron chi connectivity index (χ0n) is 31.8. The second kappa shape index (κ2) is 15.7. The van der Waals surface area contributed by atoms with Crippen molar-refractivity contribution in [2.24, 2.45) is 21.8 Å². The van der Waals surface area contributed by atoms with Gasteiger partial charge in [-0.1, -0.05) is 12.1 Å². The van der Waals surface area contributed by atoms with Crippen molar-refractivity contribution >= 4 is 90.4 Å². The normalized spacial score (nSPS) is 17.5. The topological polar surface area (TPSA) is 158 Å². The van der Waals surface area contributed by atoms with E-state index in [1.807, 2.05) is 30.6 Å². The van der Waals surface area contributed by atoms with E-state index < -0.39 is 18.6 Å². The average Bonchev–Trinajstić information content (AvgIpc) is 4.03. The average molecular weight is 838 g/mol. The standard InChI is InChI=1S/C23H22F3N5OS.C19H16N4O2S/c1-31(7-6-23(24,25)26)22(32)13-3-5-17-18(9-13)33-21-19(17)20(28-12-29-21)30-16-4-2-14-10-27-11-15(14)8-16;24-19(25)10-2-4-14-15(6-10)26-18-16(14)17(21-9-22-18)23-13-3-1-11-7-20-8-12(11)5-13/h2,4,8,11-13H,3,5-7,9-10H2,1H3,(H,28,29,30);1,3,5,8-10H,2,4,6-7H2,(H,24,25)(H,21,22,23)/t13-;10-/m00/s1. The molecule has 0 saturated carbocycles. The molecular weight excluding hydrogens is 800 g/mol. The van der Waals surface area contributed by atoms with E-state index in [-0.39, 0.29) is 24.3 Å². The van der Waals surface area contributed by atoms with Gasteiger partial charge in [0.05, 0.1) is 36.2 Å². The summed E-state index contributed by atoms with van der Waals surface area (Å²) in [5, 5.41) is 18.1. The summed E-state index contributed by atoms with van der Waals surface area (Å²) in [4.78, 5) is 55.6. The maximum Gasteiger partial charge on any atom is 0.390 e. The number of nitrogens with zero attached hydrogens (tertiary/aromatic N) is 7. The number of aliphatic carboxylic acids is 1. The highest BCUT2D eigenvalue weighted by molar-refractivity contribution is 7.19. The van der Waals surface area contributed by atoms with Crippen LogP contribution in [0.15, 0.2) is 59.0 Å². The van der Waals surface area contributed by atoms with Gasteiger partial charge in [-0.05, 0) is 96.2 Å². The molecule has 4 aromatic heterocycles. The van der Waals surface area contributed by atoms with Crippen LogP contribution in [-0.4, -0.2) is 74.0 Å². The van der Waals surface area contributed by atoms with Crippen LogP contribution >= 0.6 is 22.7 Å². The summed E-state index contributed by atoms with van der Waals surface area (Å²) in [5.41, 5.74) is 8.86. The monoisotopic (exact) mass is 837 g/mol. The zero-order chi connectivity index (χ0) is 40.8. The van der Waals surface area contributed by atoms with E-state index in [0.29, 0.717) is 38.6 Å². The number of carbonyl (C=O) groups is 2. The molecule has 12 nitrogen and oxygen atoms in total. The third-order valence-electron chi connectivity index (χ3n) is 11.3. The lowest BCUT2D eigenvalue weighted by Gasteiger charge is -2.27. The van der Waals surface area contributed by atoms with E-state index >= 15 is 0 Å². The van der Waals surface area contributed by atoms with E-state index in [0.717, 1.165) is 82.9 Å². The Balaban J connectivity index is 0.000000156. The molecule has 10 rings (SSSR count). The van der Waals surface area contributed by atoms with Gasteiger partial charge in [-0.2, -0.15) is 13.2 Å². The molecule has 2 aliphatic carbocycles. The van der Waals surface area contributed by atoms with Crippen molar-refractivity contribution in [3.05, 3.63) is 92.2 Å². The fourth-order valence-corrected chi connectivity index (χ4v) is 10.7. The highest BCUT2D eigenvalue weighted by atomic mass is 32.1. The summed E-state index contributed by atoms with van der Waals surface area (Å²) >= 11 is 3.12. The van der Waals surface area contributed by atoms with Crippen molar-refractivity contribution in [1.29, 1.82) is 0 Å². The van der Waals surface area contributed by atoms with E-state index in [4.69, 9.17) is 0 Å². The van der Waals surface area contributed by atoms with Gasteiger partial charge in [0.2, 0.25) is 5.91 Å². The molecule has 0 saturated heterocycles. The number of amides is 1. The Bertz CT molecular complexity index is 2690. The van der Waals surface area contributed by atoms with Crippen LogP contribution < -0.4 is 10.6 Å². The third-order valence-corrected chi connectivity index (χ3v) is 13.6. The molecule has 2 aliphatic heterocycles. The molecule has 0 radical (unpaired) electrons. The first-order chi connectivity index (χ1) is 28.5. The number of aliphatic imine (C=N–C) groups is 2. The van der Waals surface area contributed by atoms with Crippen LogP contribution in [0.2, 0.25) is 0 Å². The maximum atomic E-state index is 12.8. The number of carboxylic acid groups (broad SMARTS) is 1. The summed E-state index contributed by atoms with van der Waals surface area (Å²) < 4.78 is 37.6. The molecular formula is C42H38F3N9O3S2. The molecule has 59 heavy (non-hydrogen) atoms. The molecule has 1 amide bonds. The molecule has 6 heterocycles. The van der Waals surface area contributed by atoms with Gasteiger partial charge < -0.3 is 20.6 Å². The number of carbonyl (C=O) groups excluding carboxylic acids is 1. The molecule has 0 fully saturated rings. The summed E-state index contributed by atoms with van der Waals surface area (Å²) in [7, 11) is 1.45. The maximum absolute atomic E-state index is 12.8. The number of hydrogen-bond donors (Lipinski definition) is 3. The molecule has 2 aromatic carbocycles. The number of carboxylic acids is 1. The lowest BCUT2D eigenvalue weighted by molar-refractivity contribution is -0.146. The zero-order valence-corrected chi connectivity index (χ0v) is 33.5. The van der Waals surface area contributed by atoms with Crippen LogP contribution in [0, 0.1) is 11.8 Å². The number of rotatable bonds is 8. The summed E-state index contributed by atoms with van der Waals surface area (Å²) in [6.45, 7) is 1.13. The number of fused-ring (bicyclic) bond motifs is 8. The summed E-state index contributed by atoms with van der Waals surface area (Å²) in [5.74, 6) is -0.0420. The highest BCUT2D eigenvalue weighted by Gasteiger charge is 2.33. The Kier molecular flexibility index (Phi) is 10.3. The molecule has 6 aromatic rings. The predicted molar refractivity (Wildman–Crippen MR) is 224 cm³/mol. The minimum absolute atomic E-state index is 0.230. The minimum atomic E-state index is -4.27. The van der Waals surface area contributed by atoms with Crippen molar-refractivity contribution in [2.75, 3.05) is 24.2 Å². The first kappa shape index (κ1) is 38.7. The van der Waals surface area contributed by atoms with Crippen LogP contribution in [0.3, 0.4) is 0 Å². The molecule has 302 valence electrons. The Morgan fingerprint density at radius 3 is 1.80 bits per heavy atom. The van der Waals surface area contributed by atoms with Gasteiger partial charge in [0.15, 0.2) is 0 Å². The van der Waals surface area contributed by atoms with Crippen LogP contribution in [0.25, 0.3) is 20.4 Å². The number of aromatic nitrogens is 4. The largest absolute Gasteiger partial charge is 0.481 e. The van der Waals surface area contributed by atoms with Crippen molar-refractivity contribution < 1.29 is 27.9 Å². The van der Waals surface area contributed by atoms with Crippen LogP contribution in [0.5, 0.6) is 0 Å². The SMILES string of the molecule is CN(CCC(F)(F)F)C(=O)[C@H]1CCc2c(sc3ncnc(Nc4ccc5c(c4)C=NC5)c23)C1.O=C(O)[C@H]1CCc2c(sc3ncnc(Nc4ccc5c(c4)C=NC5)c23)C1. The number of halogens is 3. The summed E-state index contributed by atoms with van der Waals surface area (Å²) in [6.07, 6.45) is 5.37. The number of nitrogens with one attached hydrogen (secondary N) is 2. The lowest BCUT2D eigenvalue weighted by Crippen LogP contribution is -2.37. The number of aryl methyl sites for hydroxylation is 2. The molecule has 0 unspecified atom stereocenters. The molecule has 3 N–H and O–H groups in total. The fraction of sp³-hybridized carbons (Fsp3) is 0.333. The number of hydrogen-bond acceptors (Lipinski definition) is 12. The van der Waals surface area contributed by atoms with Crippen molar-refractivity contribution in [1.82, 2.24) is 24.8 Å². The van der Waals surface area contributed by atoms with Gasteiger partial charge >= 0.3 is 12.1 Å². The van der Waals surface area contributed by atoms with E-state index in [2.05, 4.69) is 58.8 Å². The van der Waals surface area contributed by atoms with Crippen LogP contribution in [0.4, 0.5) is 36.2 Å². The minimum Gasteiger partial charge on any atom is -0.481 e. The van der Waals surface area contributed by atoms with E-state index in [1.165, 1.54) is 46.3 Å². The van der Waals surface area contributed by atoms with Gasteiger partial charge in [-0.3, -0.25) is 19.6 Å². The summed E-state index contributed by atoms with van der Waals surface area (Å²) in [6, 6.07) is 12.3. The van der Waals surface area contributed by atoms with Crippen molar-refractivity contribution in [2.45, 2.75) is 64.2 Å². The number of benzene rings is 2. The Morgan fingerprint density at radius 1 is 0.780 bits per heavy atom. The quantitative estimate of drug-likeness (QED) is 0.137. The second-order valence-electron chi connectivity index (χ2n) is 15.2. The molecule has 2 atom stereocenters. The van der Waals surface area contributed by atoms with E-state index in [1.54, 1.807) is 17.7 Å². The van der Waals surface area contributed by atoms with Gasteiger partial charge in [0.25, 0.3) is 0 Å². The first-order valence-electron chi connectivity index (χ1n) is 19.3. The third kappa shape index (κ3) is 8.00. The number of alkyl halides is 3. The Hall–Kier alpha value is -5.81. The lowest BCUT2D eigenvalue weighted by atomic mass is 9.87. The fourth-order valence-electron chi connectivity index (χ4n) is 8.18. The Labute approximate surface area is 344 Å². The molecule has 0 bridgehead atoms. The number of thiophene rings is 2. The molecule has 0 spiro atoms. The van der Waals surface area contributed by atoms with Crippen molar-refractivity contribution in [3.8, 4) is 0 Å². The van der Waals surface area contributed by atoms with Gasteiger partial charge in [-0.15, -0.1) is 22.7 Å². The Morgan fingerprint density at radius 2 is 1.29 bits per heavy atom. The van der Waals surface area contributed by atoms with Crippen molar-refractivity contribution in [3.63, 3.8) is 0 Å². The smallest absolute Gasteiger partial charge is 0.390 e. The van der Waals surface area contributed by atoms with Gasteiger partial charge in [0.1, 0.15) is 34.0 Å².